The number of aliphatic hydroxyl groups excluding tert-OH is 7. The first-order valence-electron chi connectivity index (χ1n) is 30.7. The van der Waals surface area contributed by atoms with Crippen LogP contribution in [0.15, 0.2) is 85.1 Å². The van der Waals surface area contributed by atoms with Gasteiger partial charge in [-0.1, -0.05) is 202 Å². The highest BCUT2D eigenvalue weighted by molar-refractivity contribution is 5.69. The first kappa shape index (κ1) is 71.3. The molecule has 450 valence electrons. The summed E-state index contributed by atoms with van der Waals surface area (Å²) in [4.78, 5) is 13.1. The van der Waals surface area contributed by atoms with E-state index in [1.54, 1.807) is 0 Å². The fourth-order valence-electron chi connectivity index (χ4n) is 9.22. The molecule has 7 N–H and O–H groups in total. The molecule has 0 aromatic heterocycles. The number of carbonyl (C=O) groups excluding carboxylic acids is 1. The fourth-order valence-corrected chi connectivity index (χ4v) is 9.22. The number of allylic oxidation sites excluding steroid dienone is 14. The third kappa shape index (κ3) is 35.8. The van der Waals surface area contributed by atoms with Crippen molar-refractivity contribution in [2.45, 2.75) is 280 Å². The van der Waals surface area contributed by atoms with Gasteiger partial charge in [-0.15, -0.1) is 0 Å². The molecule has 0 saturated carbocycles. The number of esters is 1. The Morgan fingerprint density at radius 2 is 0.833 bits per heavy atom. The van der Waals surface area contributed by atoms with E-state index in [4.69, 9.17) is 28.4 Å². The maximum atomic E-state index is 13.1. The molecule has 2 fully saturated rings. The second-order valence-corrected chi connectivity index (χ2v) is 21.1. The predicted octanol–water partition coefficient (Wildman–Crippen LogP) is 11.6. The van der Waals surface area contributed by atoms with Crippen LogP contribution in [0.25, 0.3) is 0 Å². The first-order valence-corrected chi connectivity index (χ1v) is 30.7. The zero-order valence-electron chi connectivity index (χ0n) is 48.4. The molecule has 2 aliphatic heterocycles. The fraction of sp³-hybridized carbons (Fsp3) is 0.766. The Labute approximate surface area is 471 Å². The SMILES string of the molecule is CC/C=C\C/C=C\C/C=C\C/C=C\C/C=C\C/C=C\CCCCCCCCCOCC(COC1OC(COC2OC(CO)C(O)C(O)C2O)C(O)C(O)C1O)OC(=O)CCCCCCCCC/C=C\CCCCCCCCC. The molecule has 78 heavy (non-hydrogen) atoms. The van der Waals surface area contributed by atoms with Crippen LogP contribution in [0.5, 0.6) is 0 Å². The second-order valence-electron chi connectivity index (χ2n) is 21.1. The molecule has 0 spiro atoms. The zero-order chi connectivity index (χ0) is 56.5. The monoisotopic (exact) mass is 1100 g/mol. The zero-order valence-corrected chi connectivity index (χ0v) is 48.4. The van der Waals surface area contributed by atoms with E-state index in [0.29, 0.717) is 13.0 Å². The largest absolute Gasteiger partial charge is 0.457 e. The average Bonchev–Trinajstić information content (AvgIpc) is 3.45. The Morgan fingerprint density at radius 1 is 0.436 bits per heavy atom. The van der Waals surface area contributed by atoms with Crippen LogP contribution in [0.2, 0.25) is 0 Å². The molecular weight excluding hydrogens is 993 g/mol. The average molecular weight is 1100 g/mol. The van der Waals surface area contributed by atoms with E-state index in [1.165, 1.54) is 89.9 Å². The van der Waals surface area contributed by atoms with Crippen LogP contribution in [0.1, 0.15) is 213 Å². The van der Waals surface area contributed by atoms with Gasteiger partial charge in [0.05, 0.1) is 26.4 Å². The summed E-state index contributed by atoms with van der Waals surface area (Å²) in [5.41, 5.74) is 0. The van der Waals surface area contributed by atoms with Crippen LogP contribution in [-0.4, -0.2) is 142 Å². The summed E-state index contributed by atoms with van der Waals surface area (Å²) in [6.45, 7) is 3.54. The molecule has 2 saturated heterocycles. The molecule has 0 aromatic carbocycles. The Morgan fingerprint density at radius 3 is 1.32 bits per heavy atom. The summed E-state index contributed by atoms with van der Waals surface area (Å²) in [7, 11) is 0. The lowest BCUT2D eigenvalue weighted by Crippen LogP contribution is -2.61. The Bertz CT molecular complexity index is 1610. The minimum Gasteiger partial charge on any atom is -0.457 e. The van der Waals surface area contributed by atoms with Crippen molar-refractivity contribution in [1.29, 1.82) is 0 Å². The van der Waals surface area contributed by atoms with Gasteiger partial charge in [-0.2, -0.15) is 0 Å². The smallest absolute Gasteiger partial charge is 0.306 e. The van der Waals surface area contributed by atoms with Gasteiger partial charge in [0, 0.05) is 13.0 Å². The van der Waals surface area contributed by atoms with Crippen molar-refractivity contribution in [2.24, 2.45) is 0 Å². The number of aliphatic hydroxyl groups is 7. The van der Waals surface area contributed by atoms with Crippen molar-refractivity contribution in [1.82, 2.24) is 0 Å². The van der Waals surface area contributed by atoms with Crippen LogP contribution in [0, 0.1) is 0 Å². The number of ether oxygens (including phenoxy) is 6. The topological polar surface area (TPSA) is 214 Å². The summed E-state index contributed by atoms with van der Waals surface area (Å²) in [6.07, 6.45) is 49.2. The molecule has 14 nitrogen and oxygen atoms in total. The Hall–Kier alpha value is -2.83. The van der Waals surface area contributed by atoms with Gasteiger partial charge < -0.3 is 64.2 Å². The first-order chi connectivity index (χ1) is 38.1. The van der Waals surface area contributed by atoms with Crippen LogP contribution in [0.3, 0.4) is 0 Å². The van der Waals surface area contributed by atoms with Crippen molar-refractivity contribution in [2.75, 3.05) is 33.0 Å². The summed E-state index contributed by atoms with van der Waals surface area (Å²) in [5, 5.41) is 72.4. The van der Waals surface area contributed by atoms with Gasteiger partial charge in [-0.3, -0.25) is 4.79 Å². The van der Waals surface area contributed by atoms with Gasteiger partial charge in [-0.25, -0.2) is 0 Å². The molecule has 2 heterocycles. The van der Waals surface area contributed by atoms with Crippen LogP contribution >= 0.6 is 0 Å². The molecular formula is C64H110O14. The van der Waals surface area contributed by atoms with E-state index >= 15 is 0 Å². The molecule has 2 aliphatic rings. The van der Waals surface area contributed by atoms with Crippen LogP contribution < -0.4 is 0 Å². The van der Waals surface area contributed by atoms with Crippen molar-refractivity contribution in [3.05, 3.63) is 85.1 Å². The van der Waals surface area contributed by atoms with Crippen LogP contribution in [-0.2, 0) is 33.2 Å². The Kier molecular flexibility index (Phi) is 45.6. The van der Waals surface area contributed by atoms with Gasteiger partial charge in [0.25, 0.3) is 0 Å². The lowest BCUT2D eigenvalue weighted by atomic mass is 9.98. The third-order valence-corrected chi connectivity index (χ3v) is 14.1. The number of hydrogen-bond acceptors (Lipinski definition) is 14. The highest BCUT2D eigenvalue weighted by atomic mass is 16.7. The summed E-state index contributed by atoms with van der Waals surface area (Å²) in [6, 6.07) is 0. The minimum absolute atomic E-state index is 0.0479. The highest BCUT2D eigenvalue weighted by Gasteiger charge is 2.47. The molecule has 11 atom stereocenters. The van der Waals surface area contributed by atoms with Gasteiger partial charge in [-0.05, 0) is 89.9 Å². The lowest BCUT2D eigenvalue weighted by molar-refractivity contribution is -0.332. The third-order valence-electron chi connectivity index (χ3n) is 14.1. The van der Waals surface area contributed by atoms with Crippen LogP contribution in [0.4, 0.5) is 0 Å². The molecule has 0 aliphatic carbocycles. The molecule has 0 radical (unpaired) electrons. The van der Waals surface area contributed by atoms with E-state index < -0.39 is 80.7 Å². The number of rotatable bonds is 49. The lowest BCUT2D eigenvalue weighted by Gasteiger charge is -2.42. The standard InChI is InChI=1S/C64H110O14/c1-3-5-7-9-11-13-15-17-19-21-23-24-25-26-27-28-29-30-32-34-36-38-40-42-44-46-48-73-50-53(76-56(66)47-45-43-41-39-37-35-33-31-22-20-18-16-14-12-10-8-6-4-2)51-74-63-62(72)60(70)58(68)55(78-63)52-75-64-61(71)59(69)57(67)54(49-65)77-64/h5,7,11,13,17,19-20,22-24,26-27,29-30,53-55,57-65,67-72H,3-4,6,8-10,12,14-16,18,21,25,28,31-52H2,1-2H3/b7-5-,13-11-,19-17-,22-20-,24-23-,27-26-,30-29-. The summed E-state index contributed by atoms with van der Waals surface area (Å²) >= 11 is 0. The van der Waals surface area contributed by atoms with E-state index in [-0.39, 0.29) is 25.6 Å². The van der Waals surface area contributed by atoms with Crippen molar-refractivity contribution in [3.8, 4) is 0 Å². The van der Waals surface area contributed by atoms with Gasteiger partial charge in [0.15, 0.2) is 12.6 Å². The second kappa shape index (κ2) is 49.9. The number of carbonyl (C=O) groups is 1. The molecule has 2 rings (SSSR count). The van der Waals surface area contributed by atoms with E-state index in [1.807, 2.05) is 0 Å². The number of hydrogen-bond donors (Lipinski definition) is 7. The highest BCUT2D eigenvalue weighted by Crippen LogP contribution is 2.27. The van der Waals surface area contributed by atoms with E-state index in [2.05, 4.69) is 98.9 Å². The number of unbranched alkanes of at least 4 members (excludes halogenated alkanes) is 21. The maximum Gasteiger partial charge on any atom is 0.306 e. The predicted molar refractivity (Wildman–Crippen MR) is 312 cm³/mol. The van der Waals surface area contributed by atoms with Gasteiger partial charge in [0.1, 0.15) is 54.9 Å². The van der Waals surface area contributed by atoms with Crippen molar-refractivity contribution < 1.29 is 69.0 Å². The molecule has 0 aromatic rings. The summed E-state index contributed by atoms with van der Waals surface area (Å²) < 4.78 is 34.4. The molecule has 11 unspecified atom stereocenters. The minimum atomic E-state index is -1.71. The summed E-state index contributed by atoms with van der Waals surface area (Å²) in [5.74, 6) is -0.386. The quantitative estimate of drug-likeness (QED) is 0.0172. The van der Waals surface area contributed by atoms with Crippen molar-refractivity contribution in [3.63, 3.8) is 0 Å². The molecule has 14 heteroatoms. The normalized spacial score (nSPS) is 24.7. The van der Waals surface area contributed by atoms with E-state index in [9.17, 15) is 40.5 Å². The molecule has 0 amide bonds. The van der Waals surface area contributed by atoms with Gasteiger partial charge >= 0.3 is 5.97 Å². The maximum absolute atomic E-state index is 13.1. The molecule has 0 bridgehead atoms. The van der Waals surface area contributed by atoms with Gasteiger partial charge in [0.2, 0.25) is 0 Å². The Balaban J connectivity index is 1.70. The van der Waals surface area contributed by atoms with Crippen molar-refractivity contribution >= 4 is 5.97 Å². The van der Waals surface area contributed by atoms with E-state index in [0.717, 1.165) is 96.3 Å².